The van der Waals surface area contributed by atoms with Crippen molar-refractivity contribution in [2.45, 2.75) is 25.9 Å². The highest BCUT2D eigenvalue weighted by Gasteiger charge is 2.35. The lowest BCUT2D eigenvalue weighted by atomic mass is 10.2. The molecule has 0 radical (unpaired) electrons. The quantitative estimate of drug-likeness (QED) is 0.684. The number of amides is 1. The van der Waals surface area contributed by atoms with Crippen molar-refractivity contribution in [3.63, 3.8) is 0 Å². The summed E-state index contributed by atoms with van der Waals surface area (Å²) >= 11 is 0. The topological polar surface area (TPSA) is 86.1 Å². The number of carbonyl (C=O) groups is 1. The maximum absolute atomic E-state index is 12.8. The van der Waals surface area contributed by atoms with Crippen molar-refractivity contribution in [1.82, 2.24) is 4.90 Å². The monoisotopic (exact) mass is 393 g/mol. The van der Waals surface area contributed by atoms with E-state index in [0.29, 0.717) is 30.3 Å². The maximum atomic E-state index is 12.8. The molecule has 1 aliphatic heterocycles. The molecule has 0 N–H and O–H groups in total. The zero-order chi connectivity index (χ0) is 19.3. The van der Waals surface area contributed by atoms with Crippen molar-refractivity contribution in [2.75, 3.05) is 24.7 Å². The van der Waals surface area contributed by atoms with E-state index in [1.54, 1.807) is 30.3 Å². The Morgan fingerprint density at radius 1 is 1.19 bits per heavy atom. The maximum Gasteiger partial charge on any atom is 0.261 e. The molecule has 1 aromatic carbocycles. The summed E-state index contributed by atoms with van der Waals surface area (Å²) in [4.78, 5) is 14.4. The Labute approximate surface area is 158 Å². The first-order valence-electron chi connectivity index (χ1n) is 8.85. The Balaban J connectivity index is 1.71. The predicted octanol–water partition coefficient (Wildman–Crippen LogP) is 2.27. The van der Waals surface area contributed by atoms with E-state index in [0.717, 1.165) is 0 Å². The number of hydrogen-bond acceptors (Lipinski definition) is 6. The van der Waals surface area contributed by atoms with E-state index in [-0.39, 0.29) is 36.6 Å². The van der Waals surface area contributed by atoms with E-state index in [1.165, 1.54) is 11.2 Å². The van der Waals surface area contributed by atoms with Gasteiger partial charge in [-0.2, -0.15) is 0 Å². The van der Waals surface area contributed by atoms with Crippen LogP contribution in [0, 0.1) is 0 Å². The Morgan fingerprint density at radius 3 is 2.52 bits per heavy atom. The van der Waals surface area contributed by atoms with Crippen LogP contribution in [0.2, 0.25) is 0 Å². The van der Waals surface area contributed by atoms with Crippen molar-refractivity contribution in [1.29, 1.82) is 0 Å². The minimum Gasteiger partial charge on any atom is -0.490 e. The third-order valence-corrected chi connectivity index (χ3v) is 6.13. The second kappa shape index (κ2) is 8.47. The minimum absolute atomic E-state index is 0.0328. The fourth-order valence-electron chi connectivity index (χ4n) is 3.08. The number of benzene rings is 1. The smallest absolute Gasteiger partial charge is 0.261 e. The van der Waals surface area contributed by atoms with Crippen LogP contribution in [0.25, 0.3) is 0 Å². The first-order valence-corrected chi connectivity index (χ1v) is 10.7. The zero-order valence-corrected chi connectivity index (χ0v) is 16.0. The van der Waals surface area contributed by atoms with Crippen molar-refractivity contribution in [3.8, 4) is 11.5 Å². The van der Waals surface area contributed by atoms with Gasteiger partial charge in [-0.1, -0.05) is 12.1 Å². The molecule has 27 heavy (non-hydrogen) atoms. The van der Waals surface area contributed by atoms with Crippen LogP contribution in [-0.4, -0.2) is 50.0 Å². The van der Waals surface area contributed by atoms with Crippen molar-refractivity contribution in [2.24, 2.45) is 0 Å². The van der Waals surface area contributed by atoms with Crippen LogP contribution in [0.4, 0.5) is 0 Å². The van der Waals surface area contributed by atoms with Gasteiger partial charge in [0.1, 0.15) is 5.76 Å². The van der Waals surface area contributed by atoms with Crippen LogP contribution in [0.5, 0.6) is 11.5 Å². The van der Waals surface area contributed by atoms with Crippen LogP contribution in [0.3, 0.4) is 0 Å². The molecule has 7 nitrogen and oxygen atoms in total. The number of rotatable bonds is 8. The molecule has 2 heterocycles. The first kappa shape index (κ1) is 19.3. The number of hydrogen-bond donors (Lipinski definition) is 0. The predicted molar refractivity (Wildman–Crippen MR) is 99.4 cm³/mol. The Hall–Kier alpha value is -2.48. The SMILES string of the molecule is CCOc1ccccc1OCC(=O)N(Cc1ccco1)[C@H]1CCS(=O)(=O)C1. The molecule has 0 spiro atoms. The van der Waals surface area contributed by atoms with Gasteiger partial charge >= 0.3 is 0 Å². The van der Waals surface area contributed by atoms with Gasteiger partial charge in [0.25, 0.3) is 5.91 Å². The summed E-state index contributed by atoms with van der Waals surface area (Å²) in [5.41, 5.74) is 0. The molecular weight excluding hydrogens is 370 g/mol. The minimum atomic E-state index is -3.12. The summed E-state index contributed by atoms with van der Waals surface area (Å²) in [5.74, 6) is 1.41. The summed E-state index contributed by atoms with van der Waals surface area (Å²) in [6.45, 7) is 2.36. The first-order chi connectivity index (χ1) is 13.0. The molecule has 3 rings (SSSR count). The number of sulfone groups is 1. The van der Waals surface area contributed by atoms with Gasteiger partial charge in [0.15, 0.2) is 27.9 Å². The molecule has 0 bridgehead atoms. The van der Waals surface area contributed by atoms with Gasteiger partial charge in [-0.05, 0) is 37.6 Å². The lowest BCUT2D eigenvalue weighted by Gasteiger charge is -2.27. The van der Waals surface area contributed by atoms with Gasteiger partial charge in [0.05, 0.1) is 30.9 Å². The van der Waals surface area contributed by atoms with E-state index in [9.17, 15) is 13.2 Å². The number of furan rings is 1. The molecule has 0 saturated carbocycles. The Bertz CT molecular complexity index is 862. The Morgan fingerprint density at radius 2 is 1.93 bits per heavy atom. The summed E-state index contributed by atoms with van der Waals surface area (Å²) in [5, 5.41) is 0. The van der Waals surface area contributed by atoms with Gasteiger partial charge in [0, 0.05) is 6.04 Å². The molecule has 1 aliphatic rings. The molecule has 146 valence electrons. The fourth-order valence-corrected chi connectivity index (χ4v) is 4.81. The molecule has 1 aromatic heterocycles. The van der Waals surface area contributed by atoms with E-state index < -0.39 is 9.84 Å². The normalized spacial score (nSPS) is 18.2. The summed E-state index contributed by atoms with van der Waals surface area (Å²) < 4.78 is 40.2. The number of carbonyl (C=O) groups excluding carboxylic acids is 1. The average Bonchev–Trinajstić information content (AvgIpc) is 3.28. The van der Waals surface area contributed by atoms with Crippen LogP contribution >= 0.6 is 0 Å². The van der Waals surface area contributed by atoms with Gasteiger partial charge < -0.3 is 18.8 Å². The highest BCUT2D eigenvalue weighted by atomic mass is 32.2. The van der Waals surface area contributed by atoms with Crippen LogP contribution in [0.1, 0.15) is 19.1 Å². The Kier molecular flexibility index (Phi) is 6.05. The van der Waals surface area contributed by atoms with Crippen molar-refractivity contribution in [3.05, 3.63) is 48.4 Å². The molecule has 1 fully saturated rings. The number of nitrogens with zero attached hydrogens (tertiary/aromatic N) is 1. The van der Waals surface area contributed by atoms with Crippen LogP contribution in [-0.2, 0) is 21.2 Å². The van der Waals surface area contributed by atoms with E-state index >= 15 is 0 Å². The van der Waals surface area contributed by atoms with Gasteiger partial charge in [0.2, 0.25) is 0 Å². The third kappa shape index (κ3) is 5.03. The second-order valence-corrected chi connectivity index (χ2v) is 8.56. The lowest BCUT2D eigenvalue weighted by molar-refractivity contribution is -0.136. The number of ether oxygens (including phenoxy) is 2. The zero-order valence-electron chi connectivity index (χ0n) is 15.2. The van der Waals surface area contributed by atoms with Crippen LogP contribution in [0.15, 0.2) is 47.1 Å². The van der Waals surface area contributed by atoms with Gasteiger partial charge in [-0.25, -0.2) is 8.42 Å². The standard InChI is InChI=1S/C19H23NO6S/c1-2-24-17-7-3-4-8-18(17)26-13-19(21)20(12-16-6-5-10-25-16)15-9-11-27(22,23)14-15/h3-8,10,15H,2,9,11-14H2,1H3/t15-/m0/s1. The molecule has 2 aromatic rings. The third-order valence-electron chi connectivity index (χ3n) is 4.38. The molecular formula is C19H23NO6S. The largest absolute Gasteiger partial charge is 0.490 e. The summed E-state index contributed by atoms with van der Waals surface area (Å²) in [6, 6.07) is 10.2. The van der Waals surface area contributed by atoms with Crippen molar-refractivity contribution < 1.29 is 27.1 Å². The molecule has 8 heteroatoms. The van der Waals surface area contributed by atoms with E-state index in [2.05, 4.69) is 0 Å². The highest BCUT2D eigenvalue weighted by Crippen LogP contribution is 2.27. The molecule has 1 saturated heterocycles. The van der Waals surface area contributed by atoms with Crippen molar-refractivity contribution >= 4 is 15.7 Å². The van der Waals surface area contributed by atoms with E-state index in [4.69, 9.17) is 13.9 Å². The molecule has 1 atom stereocenters. The molecule has 0 unspecified atom stereocenters. The molecule has 0 aliphatic carbocycles. The second-order valence-electron chi connectivity index (χ2n) is 6.33. The van der Waals surface area contributed by atoms with E-state index in [1.807, 2.05) is 13.0 Å². The van der Waals surface area contributed by atoms with Gasteiger partial charge in [-0.3, -0.25) is 4.79 Å². The fraction of sp³-hybridized carbons (Fsp3) is 0.421. The highest BCUT2D eigenvalue weighted by molar-refractivity contribution is 7.91. The average molecular weight is 393 g/mol. The van der Waals surface area contributed by atoms with Gasteiger partial charge in [-0.15, -0.1) is 0 Å². The summed E-state index contributed by atoms with van der Waals surface area (Å²) in [6.07, 6.45) is 1.95. The molecule has 1 amide bonds. The van der Waals surface area contributed by atoms with Crippen LogP contribution < -0.4 is 9.47 Å². The number of para-hydroxylation sites is 2. The lowest BCUT2D eigenvalue weighted by Crippen LogP contribution is -2.43. The summed E-state index contributed by atoms with van der Waals surface area (Å²) in [7, 11) is -3.12.